The van der Waals surface area contributed by atoms with Gasteiger partial charge in [-0.1, -0.05) is 0 Å². The number of hydrogen-bond acceptors (Lipinski definition) is 4. The lowest BCUT2D eigenvalue weighted by atomic mass is 10.0. The van der Waals surface area contributed by atoms with Crippen molar-refractivity contribution in [1.82, 2.24) is 5.32 Å². The average molecular weight is 318 g/mol. The Kier molecular flexibility index (Phi) is 6.46. The first kappa shape index (κ1) is 15.3. The SMILES string of the molecule is CNC(CCOC)c1ccc(OC)c(Br)c1OC. The quantitative estimate of drug-likeness (QED) is 0.839. The number of ether oxygens (including phenoxy) is 3. The lowest BCUT2D eigenvalue weighted by molar-refractivity contribution is 0.183. The standard InChI is InChI=1S/C13H20BrNO3/c1-15-10(7-8-16-2)9-5-6-11(17-3)12(14)13(9)18-4/h5-6,10,15H,7-8H2,1-4H3. The summed E-state index contributed by atoms with van der Waals surface area (Å²) in [6, 6.07) is 4.13. The van der Waals surface area contributed by atoms with Gasteiger partial charge in [-0.15, -0.1) is 0 Å². The first-order valence-electron chi connectivity index (χ1n) is 5.76. The second-order valence-corrected chi connectivity index (χ2v) is 4.62. The van der Waals surface area contributed by atoms with Gasteiger partial charge in [-0.3, -0.25) is 0 Å². The van der Waals surface area contributed by atoms with Gasteiger partial charge in [0.15, 0.2) is 0 Å². The van der Waals surface area contributed by atoms with Gasteiger partial charge in [0.25, 0.3) is 0 Å². The number of hydrogen-bond donors (Lipinski definition) is 1. The zero-order valence-electron chi connectivity index (χ0n) is 11.2. The fourth-order valence-electron chi connectivity index (χ4n) is 1.88. The third kappa shape index (κ3) is 3.37. The number of nitrogens with one attached hydrogen (secondary N) is 1. The van der Waals surface area contributed by atoms with E-state index in [-0.39, 0.29) is 6.04 Å². The number of methoxy groups -OCH3 is 3. The van der Waals surface area contributed by atoms with Gasteiger partial charge in [0, 0.05) is 25.3 Å². The number of benzene rings is 1. The Bertz CT molecular complexity index is 385. The van der Waals surface area contributed by atoms with Crippen LogP contribution in [0.15, 0.2) is 16.6 Å². The molecule has 18 heavy (non-hydrogen) atoms. The van der Waals surface area contributed by atoms with Crippen molar-refractivity contribution in [1.29, 1.82) is 0 Å². The van der Waals surface area contributed by atoms with Crippen LogP contribution in [0.1, 0.15) is 18.0 Å². The molecule has 102 valence electrons. The zero-order valence-corrected chi connectivity index (χ0v) is 12.8. The van der Waals surface area contributed by atoms with Crippen molar-refractivity contribution in [2.45, 2.75) is 12.5 Å². The third-order valence-corrected chi connectivity index (χ3v) is 3.60. The maximum atomic E-state index is 5.47. The molecule has 0 bridgehead atoms. The molecule has 1 aromatic carbocycles. The molecule has 0 fully saturated rings. The van der Waals surface area contributed by atoms with Crippen molar-refractivity contribution in [3.05, 3.63) is 22.2 Å². The van der Waals surface area contributed by atoms with Crippen LogP contribution in [-0.4, -0.2) is 35.0 Å². The summed E-state index contributed by atoms with van der Waals surface area (Å²) in [4.78, 5) is 0. The minimum Gasteiger partial charge on any atom is -0.495 e. The van der Waals surface area contributed by atoms with Gasteiger partial charge in [-0.25, -0.2) is 0 Å². The van der Waals surface area contributed by atoms with E-state index in [1.54, 1.807) is 21.3 Å². The summed E-state index contributed by atoms with van der Waals surface area (Å²) in [5.74, 6) is 1.56. The third-order valence-electron chi connectivity index (χ3n) is 2.85. The Morgan fingerprint density at radius 1 is 1.22 bits per heavy atom. The normalized spacial score (nSPS) is 12.3. The summed E-state index contributed by atoms with van der Waals surface area (Å²) < 4.78 is 16.7. The van der Waals surface area contributed by atoms with Crippen LogP contribution in [0.4, 0.5) is 0 Å². The van der Waals surface area contributed by atoms with Gasteiger partial charge in [0.05, 0.1) is 14.2 Å². The van der Waals surface area contributed by atoms with Crippen molar-refractivity contribution >= 4 is 15.9 Å². The molecule has 4 nitrogen and oxygen atoms in total. The maximum Gasteiger partial charge on any atom is 0.141 e. The summed E-state index contributed by atoms with van der Waals surface area (Å²) >= 11 is 3.51. The van der Waals surface area contributed by atoms with E-state index in [0.29, 0.717) is 6.61 Å². The molecule has 0 spiro atoms. The molecule has 1 N–H and O–H groups in total. The fraction of sp³-hybridized carbons (Fsp3) is 0.538. The van der Waals surface area contributed by atoms with E-state index in [9.17, 15) is 0 Å². The molecule has 0 amide bonds. The van der Waals surface area contributed by atoms with Gasteiger partial charge in [0.1, 0.15) is 16.0 Å². The molecule has 1 atom stereocenters. The number of halogens is 1. The van der Waals surface area contributed by atoms with E-state index in [0.717, 1.165) is 28.0 Å². The molecule has 1 aromatic rings. The summed E-state index contributed by atoms with van der Waals surface area (Å²) in [6.45, 7) is 0.693. The summed E-state index contributed by atoms with van der Waals surface area (Å²) in [5, 5.41) is 3.27. The molecule has 0 radical (unpaired) electrons. The fourth-order valence-corrected chi connectivity index (χ4v) is 2.57. The van der Waals surface area contributed by atoms with E-state index < -0.39 is 0 Å². The van der Waals surface area contributed by atoms with Crippen LogP contribution in [0.5, 0.6) is 11.5 Å². The van der Waals surface area contributed by atoms with Crippen LogP contribution >= 0.6 is 15.9 Å². The lowest BCUT2D eigenvalue weighted by Gasteiger charge is -2.21. The summed E-state index contributed by atoms with van der Waals surface area (Å²) in [5.41, 5.74) is 1.09. The van der Waals surface area contributed by atoms with E-state index in [2.05, 4.69) is 21.2 Å². The van der Waals surface area contributed by atoms with Crippen molar-refractivity contribution in [3.8, 4) is 11.5 Å². The van der Waals surface area contributed by atoms with Gasteiger partial charge >= 0.3 is 0 Å². The molecule has 0 heterocycles. The summed E-state index contributed by atoms with van der Waals surface area (Å²) in [7, 11) is 6.93. The molecule has 5 heteroatoms. The van der Waals surface area contributed by atoms with E-state index >= 15 is 0 Å². The Morgan fingerprint density at radius 3 is 2.44 bits per heavy atom. The molecule has 1 rings (SSSR count). The van der Waals surface area contributed by atoms with Gasteiger partial charge in [-0.05, 0) is 41.5 Å². The highest BCUT2D eigenvalue weighted by Gasteiger charge is 2.19. The van der Waals surface area contributed by atoms with E-state index in [1.807, 2.05) is 19.2 Å². The monoisotopic (exact) mass is 317 g/mol. The maximum absolute atomic E-state index is 5.47. The largest absolute Gasteiger partial charge is 0.495 e. The molecule has 0 aliphatic carbocycles. The highest BCUT2D eigenvalue weighted by atomic mass is 79.9. The van der Waals surface area contributed by atoms with Crippen LogP contribution in [0.2, 0.25) is 0 Å². The minimum atomic E-state index is 0.183. The van der Waals surface area contributed by atoms with Crippen molar-refractivity contribution in [2.75, 3.05) is 35.0 Å². The molecular formula is C13H20BrNO3. The molecular weight excluding hydrogens is 298 g/mol. The lowest BCUT2D eigenvalue weighted by Crippen LogP contribution is -2.19. The first-order valence-corrected chi connectivity index (χ1v) is 6.55. The highest BCUT2D eigenvalue weighted by Crippen LogP contribution is 2.40. The van der Waals surface area contributed by atoms with Crippen molar-refractivity contribution in [3.63, 3.8) is 0 Å². The predicted molar refractivity (Wildman–Crippen MR) is 75.5 cm³/mol. The van der Waals surface area contributed by atoms with Crippen LogP contribution in [0, 0.1) is 0 Å². The van der Waals surface area contributed by atoms with Crippen molar-refractivity contribution in [2.24, 2.45) is 0 Å². The van der Waals surface area contributed by atoms with E-state index in [4.69, 9.17) is 14.2 Å². The predicted octanol–water partition coefficient (Wildman–Crippen LogP) is 2.76. The molecule has 0 aromatic heterocycles. The van der Waals surface area contributed by atoms with Gasteiger partial charge in [0.2, 0.25) is 0 Å². The second kappa shape index (κ2) is 7.61. The Labute approximate surface area is 117 Å². The Hall–Kier alpha value is -0.780. The molecule has 0 saturated carbocycles. The molecule has 0 aliphatic heterocycles. The minimum absolute atomic E-state index is 0.183. The molecule has 0 aliphatic rings. The van der Waals surface area contributed by atoms with Crippen LogP contribution in [0.25, 0.3) is 0 Å². The Morgan fingerprint density at radius 2 is 1.94 bits per heavy atom. The average Bonchev–Trinajstić information content (AvgIpc) is 2.40. The molecule has 1 unspecified atom stereocenters. The first-order chi connectivity index (χ1) is 8.69. The number of rotatable bonds is 7. The smallest absolute Gasteiger partial charge is 0.141 e. The highest BCUT2D eigenvalue weighted by molar-refractivity contribution is 9.10. The van der Waals surface area contributed by atoms with Crippen molar-refractivity contribution < 1.29 is 14.2 Å². The van der Waals surface area contributed by atoms with Crippen LogP contribution in [-0.2, 0) is 4.74 Å². The topological polar surface area (TPSA) is 39.7 Å². The second-order valence-electron chi connectivity index (χ2n) is 3.83. The summed E-state index contributed by atoms with van der Waals surface area (Å²) in [6.07, 6.45) is 0.877. The zero-order chi connectivity index (χ0) is 13.5. The Balaban J connectivity index is 3.10. The van der Waals surface area contributed by atoms with E-state index in [1.165, 1.54) is 0 Å². The van der Waals surface area contributed by atoms with Gasteiger partial charge in [-0.2, -0.15) is 0 Å². The van der Waals surface area contributed by atoms with Crippen LogP contribution < -0.4 is 14.8 Å². The molecule has 0 saturated heterocycles. The van der Waals surface area contributed by atoms with Crippen LogP contribution in [0.3, 0.4) is 0 Å². The van der Waals surface area contributed by atoms with Gasteiger partial charge < -0.3 is 19.5 Å².